The lowest BCUT2D eigenvalue weighted by molar-refractivity contribution is -0.113. The SMILES string of the molecule is CC(C)c1nnc(NC(=O)CSc2ncnc3sc4c(c23)CCCC4)s1. The maximum absolute atomic E-state index is 12.3. The Morgan fingerprint density at radius 2 is 2.08 bits per heavy atom. The Bertz CT molecular complexity index is 949. The number of thiophene rings is 1. The zero-order valence-corrected chi connectivity index (χ0v) is 17.1. The molecule has 9 heteroatoms. The van der Waals surface area contributed by atoms with Crippen molar-refractivity contribution >= 4 is 55.7 Å². The summed E-state index contributed by atoms with van der Waals surface area (Å²) in [6, 6.07) is 0. The Morgan fingerprint density at radius 3 is 2.88 bits per heavy atom. The average molecular weight is 406 g/mol. The molecule has 0 radical (unpaired) electrons. The van der Waals surface area contributed by atoms with Crippen LogP contribution in [0.5, 0.6) is 0 Å². The minimum atomic E-state index is -0.0858. The monoisotopic (exact) mass is 405 g/mol. The molecule has 0 unspecified atom stereocenters. The molecule has 3 heterocycles. The summed E-state index contributed by atoms with van der Waals surface area (Å²) in [5.74, 6) is 0.525. The van der Waals surface area contributed by atoms with Crippen molar-refractivity contribution in [2.45, 2.75) is 50.5 Å². The predicted octanol–water partition coefficient (Wildman–Crippen LogP) is 4.28. The summed E-state index contributed by atoms with van der Waals surface area (Å²) >= 11 is 4.67. The van der Waals surface area contributed by atoms with Crippen LogP contribution in [0.3, 0.4) is 0 Å². The van der Waals surface area contributed by atoms with E-state index in [0.29, 0.717) is 16.8 Å². The van der Waals surface area contributed by atoms with Crippen LogP contribution in [0.25, 0.3) is 10.2 Å². The number of rotatable bonds is 5. The number of carbonyl (C=O) groups is 1. The van der Waals surface area contributed by atoms with E-state index in [1.165, 1.54) is 46.4 Å². The number of carbonyl (C=O) groups excluding carboxylic acids is 1. The Labute approximate surface area is 163 Å². The van der Waals surface area contributed by atoms with Crippen LogP contribution in [0.4, 0.5) is 5.13 Å². The minimum absolute atomic E-state index is 0.0858. The van der Waals surface area contributed by atoms with Gasteiger partial charge in [0, 0.05) is 16.2 Å². The van der Waals surface area contributed by atoms with Gasteiger partial charge in [-0.05, 0) is 31.2 Å². The third kappa shape index (κ3) is 3.60. The number of thioether (sulfide) groups is 1. The van der Waals surface area contributed by atoms with Crippen LogP contribution < -0.4 is 5.32 Å². The van der Waals surface area contributed by atoms with E-state index < -0.39 is 0 Å². The van der Waals surface area contributed by atoms with Crippen LogP contribution in [-0.4, -0.2) is 31.8 Å². The lowest BCUT2D eigenvalue weighted by Gasteiger charge is -2.11. The Hall–Kier alpha value is -1.58. The molecule has 6 nitrogen and oxygen atoms in total. The van der Waals surface area contributed by atoms with Gasteiger partial charge in [0.05, 0.1) is 5.75 Å². The van der Waals surface area contributed by atoms with Gasteiger partial charge in [0.25, 0.3) is 0 Å². The second kappa shape index (κ2) is 7.58. The average Bonchev–Trinajstić information content (AvgIpc) is 3.24. The largest absolute Gasteiger partial charge is 0.300 e. The first-order valence-corrected chi connectivity index (χ1v) is 11.2. The summed E-state index contributed by atoms with van der Waals surface area (Å²) in [4.78, 5) is 23.7. The first-order chi connectivity index (χ1) is 12.6. The number of hydrogen-bond acceptors (Lipinski definition) is 8. The molecule has 0 aromatic carbocycles. The van der Waals surface area contributed by atoms with Crippen molar-refractivity contribution in [1.29, 1.82) is 0 Å². The molecule has 3 aromatic heterocycles. The van der Waals surface area contributed by atoms with Crippen LogP contribution in [-0.2, 0) is 17.6 Å². The highest BCUT2D eigenvalue weighted by Crippen LogP contribution is 2.39. The molecule has 0 saturated carbocycles. The molecular formula is C17H19N5OS3. The summed E-state index contributed by atoms with van der Waals surface area (Å²) in [7, 11) is 0. The molecule has 0 atom stereocenters. The molecule has 26 heavy (non-hydrogen) atoms. The fraction of sp³-hybridized carbons (Fsp3) is 0.471. The van der Waals surface area contributed by atoms with Gasteiger partial charge in [-0.25, -0.2) is 9.97 Å². The smallest absolute Gasteiger partial charge is 0.236 e. The van der Waals surface area contributed by atoms with Crippen molar-refractivity contribution in [2.75, 3.05) is 11.1 Å². The molecule has 1 aliphatic carbocycles. The zero-order valence-electron chi connectivity index (χ0n) is 14.6. The number of nitrogens with one attached hydrogen (secondary N) is 1. The number of aryl methyl sites for hydroxylation is 2. The van der Waals surface area contributed by atoms with E-state index in [1.54, 1.807) is 17.7 Å². The van der Waals surface area contributed by atoms with Crippen molar-refractivity contribution in [3.05, 3.63) is 21.8 Å². The van der Waals surface area contributed by atoms with Gasteiger partial charge in [0.1, 0.15) is 21.2 Å². The molecule has 0 saturated heterocycles. The molecule has 0 aliphatic heterocycles. The standard InChI is InChI=1S/C17H19N5OS3/c1-9(2)14-21-22-17(26-14)20-12(23)7-24-15-13-10-5-3-4-6-11(10)25-16(13)19-8-18-15/h8-9H,3-7H2,1-2H3,(H,20,22,23). The maximum atomic E-state index is 12.3. The fourth-order valence-electron chi connectivity index (χ4n) is 2.98. The third-order valence-electron chi connectivity index (χ3n) is 4.24. The van der Waals surface area contributed by atoms with Gasteiger partial charge in [-0.15, -0.1) is 21.5 Å². The van der Waals surface area contributed by atoms with Gasteiger partial charge in [-0.3, -0.25) is 10.1 Å². The Kier molecular flexibility index (Phi) is 5.19. The number of amides is 1. The molecule has 0 bridgehead atoms. The molecule has 4 rings (SSSR count). The van der Waals surface area contributed by atoms with Gasteiger partial charge in [-0.2, -0.15) is 0 Å². The minimum Gasteiger partial charge on any atom is -0.300 e. The van der Waals surface area contributed by atoms with Crippen LogP contribution in [0, 0.1) is 0 Å². The second-order valence-corrected chi connectivity index (χ2v) is 9.56. The lowest BCUT2D eigenvalue weighted by atomic mass is 9.97. The molecule has 0 fully saturated rings. The van der Waals surface area contributed by atoms with Crippen molar-refractivity contribution in [1.82, 2.24) is 20.2 Å². The first-order valence-electron chi connectivity index (χ1n) is 8.63. The molecule has 1 amide bonds. The van der Waals surface area contributed by atoms with Crippen molar-refractivity contribution in [3.63, 3.8) is 0 Å². The third-order valence-corrected chi connectivity index (χ3v) is 7.57. The normalized spacial score (nSPS) is 14.0. The van der Waals surface area contributed by atoms with E-state index in [4.69, 9.17) is 0 Å². The summed E-state index contributed by atoms with van der Waals surface area (Å²) in [5, 5.41) is 14.5. The second-order valence-electron chi connectivity index (χ2n) is 6.51. The Balaban J connectivity index is 1.47. The Morgan fingerprint density at radius 1 is 1.23 bits per heavy atom. The van der Waals surface area contributed by atoms with Crippen LogP contribution in [0.1, 0.15) is 48.1 Å². The predicted molar refractivity (Wildman–Crippen MR) is 107 cm³/mol. The van der Waals surface area contributed by atoms with E-state index in [9.17, 15) is 4.79 Å². The van der Waals surface area contributed by atoms with Crippen LogP contribution in [0.15, 0.2) is 11.4 Å². The van der Waals surface area contributed by atoms with E-state index in [0.717, 1.165) is 33.1 Å². The van der Waals surface area contributed by atoms with Crippen LogP contribution >= 0.6 is 34.4 Å². The van der Waals surface area contributed by atoms with Gasteiger partial charge < -0.3 is 0 Å². The number of fused-ring (bicyclic) bond motifs is 3. The molecule has 0 spiro atoms. The molecule has 3 aromatic rings. The van der Waals surface area contributed by atoms with Gasteiger partial charge in [0.2, 0.25) is 11.0 Å². The maximum Gasteiger partial charge on any atom is 0.236 e. The zero-order chi connectivity index (χ0) is 18.1. The van der Waals surface area contributed by atoms with E-state index in [1.807, 2.05) is 0 Å². The molecule has 1 aliphatic rings. The molecule has 136 valence electrons. The van der Waals surface area contributed by atoms with E-state index >= 15 is 0 Å². The van der Waals surface area contributed by atoms with Gasteiger partial charge in [0.15, 0.2) is 0 Å². The highest BCUT2D eigenvalue weighted by Gasteiger charge is 2.20. The summed E-state index contributed by atoms with van der Waals surface area (Å²) in [6.07, 6.45) is 6.29. The van der Waals surface area contributed by atoms with Crippen LogP contribution in [0.2, 0.25) is 0 Å². The molecule has 1 N–H and O–H groups in total. The number of aromatic nitrogens is 4. The summed E-state index contributed by atoms with van der Waals surface area (Å²) in [5.41, 5.74) is 1.39. The van der Waals surface area contributed by atoms with Crippen molar-refractivity contribution < 1.29 is 4.79 Å². The van der Waals surface area contributed by atoms with Gasteiger partial charge >= 0.3 is 0 Å². The number of nitrogens with zero attached hydrogens (tertiary/aromatic N) is 4. The highest BCUT2D eigenvalue weighted by atomic mass is 32.2. The first kappa shape index (κ1) is 17.8. The topological polar surface area (TPSA) is 80.7 Å². The summed E-state index contributed by atoms with van der Waals surface area (Å²) < 4.78 is 0. The van der Waals surface area contributed by atoms with Gasteiger partial charge in [-0.1, -0.05) is 36.9 Å². The van der Waals surface area contributed by atoms with Crippen molar-refractivity contribution in [2.24, 2.45) is 0 Å². The molecular weight excluding hydrogens is 386 g/mol. The van der Waals surface area contributed by atoms with Crippen molar-refractivity contribution in [3.8, 4) is 0 Å². The van der Waals surface area contributed by atoms with E-state index in [2.05, 4.69) is 39.3 Å². The number of hydrogen-bond donors (Lipinski definition) is 1. The quantitative estimate of drug-likeness (QED) is 0.504. The lowest BCUT2D eigenvalue weighted by Crippen LogP contribution is -2.14. The number of anilines is 1. The summed E-state index contributed by atoms with van der Waals surface area (Å²) in [6.45, 7) is 4.12. The highest BCUT2D eigenvalue weighted by molar-refractivity contribution is 8.00. The van der Waals surface area contributed by atoms with E-state index in [-0.39, 0.29) is 5.91 Å². The fourth-order valence-corrected chi connectivity index (χ4v) is 5.86.